The van der Waals surface area contributed by atoms with Crippen LogP contribution in [0.4, 0.5) is 0 Å². The molecule has 88 valence electrons. The van der Waals surface area contributed by atoms with Gasteiger partial charge in [-0.2, -0.15) is 0 Å². The maximum Gasteiger partial charge on any atom is 0.0558 e. The van der Waals surface area contributed by atoms with E-state index in [1.54, 1.807) is 0 Å². The average molecular weight is 212 g/mol. The Morgan fingerprint density at radius 3 is 2.67 bits per heavy atom. The first kappa shape index (κ1) is 11.4. The molecule has 0 aromatic carbocycles. The molecule has 0 bridgehead atoms. The Kier molecular flexibility index (Phi) is 4.00. The first-order valence-electron chi connectivity index (χ1n) is 6.36. The summed E-state index contributed by atoms with van der Waals surface area (Å²) in [6, 6.07) is 1.51. The van der Waals surface area contributed by atoms with Gasteiger partial charge in [-0.25, -0.2) is 0 Å². The number of likely N-dealkylation sites (N-methyl/N-ethyl adjacent to an activating group) is 1. The second-order valence-electron chi connectivity index (χ2n) is 5.08. The molecule has 0 unspecified atom stereocenters. The molecule has 0 amide bonds. The molecule has 1 N–H and O–H groups in total. The Morgan fingerprint density at radius 1 is 1.27 bits per heavy atom. The minimum atomic E-state index is 0.312. The van der Waals surface area contributed by atoms with E-state index < -0.39 is 0 Å². The summed E-state index contributed by atoms with van der Waals surface area (Å²) in [7, 11) is 2.24. The van der Waals surface area contributed by atoms with Gasteiger partial charge in [-0.05, 0) is 39.3 Å². The van der Waals surface area contributed by atoms with Gasteiger partial charge in [0.15, 0.2) is 0 Å². The number of hydrogen-bond donors (Lipinski definition) is 1. The van der Waals surface area contributed by atoms with Crippen molar-refractivity contribution in [3.8, 4) is 0 Å². The van der Waals surface area contributed by atoms with Gasteiger partial charge in [0, 0.05) is 25.2 Å². The molecule has 1 saturated carbocycles. The van der Waals surface area contributed by atoms with Crippen LogP contribution in [-0.4, -0.2) is 60.3 Å². The predicted octanol–water partition coefficient (Wildman–Crippen LogP) is 0.927. The van der Waals surface area contributed by atoms with Crippen LogP contribution >= 0.6 is 0 Å². The molecule has 0 radical (unpaired) electrons. The summed E-state index contributed by atoms with van der Waals surface area (Å²) in [6.45, 7) is 3.60. The number of nitrogens with zero attached hydrogens (tertiary/aromatic N) is 2. The number of likely N-dealkylation sites (tertiary alicyclic amines) is 1. The van der Waals surface area contributed by atoms with Crippen molar-refractivity contribution in [3.05, 3.63) is 0 Å². The summed E-state index contributed by atoms with van der Waals surface area (Å²) in [5.74, 6) is 0. The van der Waals surface area contributed by atoms with Gasteiger partial charge in [-0.3, -0.25) is 4.90 Å². The Morgan fingerprint density at radius 2 is 2.07 bits per heavy atom. The van der Waals surface area contributed by atoms with Gasteiger partial charge >= 0.3 is 0 Å². The highest BCUT2D eigenvalue weighted by molar-refractivity contribution is 4.88. The predicted molar refractivity (Wildman–Crippen MR) is 61.9 cm³/mol. The second-order valence-corrected chi connectivity index (χ2v) is 5.08. The Balaban J connectivity index is 1.81. The molecule has 1 aliphatic carbocycles. The maximum atomic E-state index is 9.05. The van der Waals surface area contributed by atoms with Crippen molar-refractivity contribution in [2.45, 2.75) is 44.2 Å². The molecule has 2 rings (SSSR count). The van der Waals surface area contributed by atoms with Gasteiger partial charge in [0.2, 0.25) is 0 Å². The van der Waals surface area contributed by atoms with Gasteiger partial charge in [0.25, 0.3) is 0 Å². The number of rotatable bonds is 5. The molecule has 1 saturated heterocycles. The van der Waals surface area contributed by atoms with Crippen molar-refractivity contribution in [1.29, 1.82) is 0 Å². The molecular weight excluding hydrogens is 188 g/mol. The summed E-state index contributed by atoms with van der Waals surface area (Å²) < 4.78 is 0. The third kappa shape index (κ3) is 3.16. The lowest BCUT2D eigenvalue weighted by atomic mass is 10.0. The van der Waals surface area contributed by atoms with E-state index in [0.29, 0.717) is 6.61 Å². The van der Waals surface area contributed by atoms with Crippen LogP contribution in [0.3, 0.4) is 0 Å². The molecular formula is C12H24N2O. The summed E-state index contributed by atoms with van der Waals surface area (Å²) in [4.78, 5) is 4.99. The molecule has 2 fully saturated rings. The third-order valence-corrected chi connectivity index (χ3v) is 3.82. The highest BCUT2D eigenvalue weighted by Gasteiger charge is 2.31. The van der Waals surface area contributed by atoms with Crippen LogP contribution in [0, 0.1) is 0 Å². The average Bonchev–Trinajstić information content (AvgIpc) is 3.04. The van der Waals surface area contributed by atoms with Gasteiger partial charge in [-0.1, -0.05) is 6.42 Å². The van der Waals surface area contributed by atoms with Gasteiger partial charge < -0.3 is 10.0 Å². The first-order valence-corrected chi connectivity index (χ1v) is 6.36. The van der Waals surface area contributed by atoms with Crippen LogP contribution in [0.1, 0.15) is 32.1 Å². The van der Waals surface area contributed by atoms with E-state index >= 15 is 0 Å². The summed E-state index contributed by atoms with van der Waals surface area (Å²) in [5, 5.41) is 9.05. The molecule has 3 heteroatoms. The summed E-state index contributed by atoms with van der Waals surface area (Å²) in [5.41, 5.74) is 0. The molecule has 1 atom stereocenters. The maximum absolute atomic E-state index is 9.05. The van der Waals surface area contributed by atoms with Gasteiger partial charge in [0.05, 0.1) is 6.61 Å². The standard InChI is InChI=1S/C12H24N2O/c1-13-7-3-2-4-12(13)10-14(8-9-15)11-5-6-11/h11-12,15H,2-10H2,1H3/t12-/m0/s1. The monoisotopic (exact) mass is 212 g/mol. The Bertz CT molecular complexity index is 192. The molecule has 0 aromatic rings. The third-order valence-electron chi connectivity index (χ3n) is 3.82. The van der Waals surface area contributed by atoms with Crippen molar-refractivity contribution >= 4 is 0 Å². The lowest BCUT2D eigenvalue weighted by Gasteiger charge is -2.36. The quantitative estimate of drug-likeness (QED) is 0.734. The van der Waals surface area contributed by atoms with E-state index in [4.69, 9.17) is 5.11 Å². The van der Waals surface area contributed by atoms with Crippen molar-refractivity contribution in [1.82, 2.24) is 9.80 Å². The molecule has 0 spiro atoms. The largest absolute Gasteiger partial charge is 0.395 e. The number of hydrogen-bond acceptors (Lipinski definition) is 3. The van der Waals surface area contributed by atoms with Crippen molar-refractivity contribution in [2.75, 3.05) is 33.3 Å². The lowest BCUT2D eigenvalue weighted by Crippen LogP contribution is -2.46. The van der Waals surface area contributed by atoms with E-state index in [0.717, 1.165) is 18.6 Å². The highest BCUT2D eigenvalue weighted by atomic mass is 16.3. The molecule has 1 aliphatic heterocycles. The summed E-state index contributed by atoms with van der Waals surface area (Å²) >= 11 is 0. The number of aliphatic hydroxyl groups is 1. The first-order chi connectivity index (χ1) is 7.31. The van der Waals surface area contributed by atoms with Crippen LogP contribution in [0.25, 0.3) is 0 Å². The zero-order chi connectivity index (χ0) is 10.7. The van der Waals surface area contributed by atoms with E-state index in [-0.39, 0.29) is 0 Å². The fourth-order valence-electron chi connectivity index (χ4n) is 2.64. The topological polar surface area (TPSA) is 26.7 Å². The van der Waals surface area contributed by atoms with Crippen molar-refractivity contribution in [2.24, 2.45) is 0 Å². The normalized spacial score (nSPS) is 28.6. The van der Waals surface area contributed by atoms with Crippen LogP contribution in [0.5, 0.6) is 0 Å². The van der Waals surface area contributed by atoms with E-state index in [1.807, 2.05) is 0 Å². The minimum absolute atomic E-state index is 0.312. The van der Waals surface area contributed by atoms with Crippen molar-refractivity contribution in [3.63, 3.8) is 0 Å². The number of aliphatic hydroxyl groups excluding tert-OH is 1. The van der Waals surface area contributed by atoms with Gasteiger partial charge in [-0.15, -0.1) is 0 Å². The van der Waals surface area contributed by atoms with Crippen molar-refractivity contribution < 1.29 is 5.11 Å². The number of piperidine rings is 1. The van der Waals surface area contributed by atoms with Crippen LogP contribution < -0.4 is 0 Å². The van der Waals surface area contributed by atoms with Crippen LogP contribution in [-0.2, 0) is 0 Å². The second kappa shape index (κ2) is 5.28. The fraction of sp³-hybridized carbons (Fsp3) is 1.00. The summed E-state index contributed by atoms with van der Waals surface area (Å²) in [6.07, 6.45) is 6.76. The molecule has 1 heterocycles. The smallest absolute Gasteiger partial charge is 0.0558 e. The molecule has 0 aromatic heterocycles. The SMILES string of the molecule is CN1CCCC[C@H]1CN(CCO)C1CC1. The Hall–Kier alpha value is -0.120. The van der Waals surface area contributed by atoms with Crippen LogP contribution in [0.2, 0.25) is 0 Å². The van der Waals surface area contributed by atoms with Crippen LogP contribution in [0.15, 0.2) is 0 Å². The molecule has 3 nitrogen and oxygen atoms in total. The van der Waals surface area contributed by atoms with E-state index in [9.17, 15) is 0 Å². The zero-order valence-electron chi connectivity index (χ0n) is 9.86. The molecule has 15 heavy (non-hydrogen) atoms. The van der Waals surface area contributed by atoms with E-state index in [2.05, 4.69) is 16.8 Å². The lowest BCUT2D eigenvalue weighted by molar-refractivity contribution is 0.109. The zero-order valence-corrected chi connectivity index (χ0v) is 9.86. The highest BCUT2D eigenvalue weighted by Crippen LogP contribution is 2.28. The molecule has 2 aliphatic rings. The minimum Gasteiger partial charge on any atom is -0.395 e. The van der Waals surface area contributed by atoms with Gasteiger partial charge in [0.1, 0.15) is 0 Å². The fourth-order valence-corrected chi connectivity index (χ4v) is 2.64. The Labute approximate surface area is 93.1 Å². The van der Waals surface area contributed by atoms with E-state index in [1.165, 1.54) is 45.2 Å².